The van der Waals surface area contributed by atoms with Crippen molar-refractivity contribution in [1.29, 1.82) is 5.26 Å². The number of hydrogen-bond acceptors (Lipinski definition) is 10. The molecule has 3 aliphatic rings. The summed E-state index contributed by atoms with van der Waals surface area (Å²) < 4.78 is 120. The molecule has 8 rings (SSSR count). The molecule has 0 spiro atoms. The highest BCUT2D eigenvalue weighted by atomic mass is 32.1. The maximum atomic E-state index is 17.3. The molecule has 2 N–H and O–H groups in total. The number of ether oxygens (including phenoxy) is 2. The zero-order valence-electron chi connectivity index (χ0n) is 27.3. The number of anilines is 2. The second kappa shape index (κ2) is 12.3. The number of fused-ring (bicyclic) bond motifs is 2. The summed E-state index contributed by atoms with van der Waals surface area (Å²) in [5.74, 6) is -4.20. The Morgan fingerprint density at radius 1 is 1.17 bits per heavy atom. The van der Waals surface area contributed by atoms with Crippen LogP contribution in [0.1, 0.15) is 48.9 Å². The third kappa shape index (κ3) is 5.25. The first-order valence-electron chi connectivity index (χ1n) is 16.4. The highest BCUT2D eigenvalue weighted by Crippen LogP contribution is 2.54. The van der Waals surface area contributed by atoms with Gasteiger partial charge in [0.05, 0.1) is 33.8 Å². The van der Waals surface area contributed by atoms with Crippen molar-refractivity contribution in [3.63, 3.8) is 0 Å². The van der Waals surface area contributed by atoms with Gasteiger partial charge in [-0.3, -0.25) is 4.90 Å². The predicted octanol–water partition coefficient (Wildman–Crippen LogP) is 7.71. The molecule has 9 nitrogen and oxygen atoms in total. The first-order chi connectivity index (χ1) is 24.8. The van der Waals surface area contributed by atoms with Crippen molar-refractivity contribution in [3.8, 4) is 29.0 Å². The zero-order valence-corrected chi connectivity index (χ0v) is 28.1. The van der Waals surface area contributed by atoms with Crippen molar-refractivity contribution in [3.05, 3.63) is 64.7 Å². The lowest BCUT2D eigenvalue weighted by Crippen LogP contribution is -2.43. The van der Waals surface area contributed by atoms with E-state index in [4.69, 9.17) is 15.2 Å². The van der Waals surface area contributed by atoms with Gasteiger partial charge >= 0.3 is 12.2 Å². The van der Waals surface area contributed by atoms with Crippen molar-refractivity contribution < 1.29 is 40.2 Å². The topological polar surface area (TPSA) is 113 Å². The van der Waals surface area contributed by atoms with Gasteiger partial charge in [-0.25, -0.2) is 18.2 Å². The number of alkyl halides is 4. The van der Waals surface area contributed by atoms with Crippen LogP contribution >= 0.6 is 11.3 Å². The second-order valence-corrected chi connectivity index (χ2v) is 14.2. The van der Waals surface area contributed by atoms with Crippen LogP contribution in [0.2, 0.25) is 0 Å². The fourth-order valence-corrected chi connectivity index (χ4v) is 8.92. The fraction of sp³-hybridized carbons (Fsp3) is 0.371. The van der Waals surface area contributed by atoms with Crippen molar-refractivity contribution in [2.75, 3.05) is 43.5 Å². The van der Waals surface area contributed by atoms with Crippen LogP contribution in [0.15, 0.2) is 30.5 Å². The number of nitrogens with zero attached hydrogens (tertiary/aromatic N) is 6. The van der Waals surface area contributed by atoms with Gasteiger partial charge in [-0.1, -0.05) is 12.1 Å². The van der Waals surface area contributed by atoms with E-state index < -0.39 is 80.9 Å². The molecule has 3 atom stereocenters. The largest absolute Gasteiger partial charge is 0.490 e. The Morgan fingerprint density at radius 3 is 2.73 bits per heavy atom. The summed E-state index contributed by atoms with van der Waals surface area (Å²) in [5.41, 5.74) is 1.40. The lowest BCUT2D eigenvalue weighted by molar-refractivity contribution is -0.138. The molecule has 0 saturated carbocycles. The van der Waals surface area contributed by atoms with Crippen LogP contribution in [0.4, 0.5) is 41.6 Å². The third-order valence-corrected chi connectivity index (χ3v) is 11.3. The molecule has 0 unspecified atom stereocenters. The molecule has 52 heavy (non-hydrogen) atoms. The predicted molar refractivity (Wildman–Crippen MR) is 178 cm³/mol. The summed E-state index contributed by atoms with van der Waals surface area (Å²) in [7, 11) is 0. The molecule has 5 aromatic rings. The minimum atomic E-state index is -5.27. The molecule has 0 aliphatic carbocycles. The number of halogens is 7. The van der Waals surface area contributed by atoms with Crippen LogP contribution < -0.4 is 20.1 Å². The number of nitriles is 1. The Labute approximate surface area is 295 Å². The van der Waals surface area contributed by atoms with Gasteiger partial charge in [0.25, 0.3) is 0 Å². The molecule has 3 aliphatic heterocycles. The first-order valence-corrected chi connectivity index (χ1v) is 17.2. The maximum absolute atomic E-state index is 17.3. The number of nitrogen functional groups attached to an aromatic ring is 1. The van der Waals surface area contributed by atoms with Gasteiger partial charge < -0.3 is 20.1 Å². The van der Waals surface area contributed by atoms with Crippen molar-refractivity contribution >= 4 is 43.1 Å². The monoisotopic (exact) mass is 743 g/mol. The van der Waals surface area contributed by atoms with Crippen LogP contribution in [0, 0.1) is 28.9 Å². The van der Waals surface area contributed by atoms with E-state index in [0.29, 0.717) is 24.3 Å². The lowest BCUT2D eigenvalue weighted by atomic mass is 9.91. The molecular formula is C35H28F7N7O2S. The molecule has 3 aromatic heterocycles. The van der Waals surface area contributed by atoms with Crippen LogP contribution in [0.3, 0.4) is 0 Å². The highest BCUT2D eigenvalue weighted by molar-refractivity contribution is 7.23. The second-order valence-electron chi connectivity index (χ2n) is 13.2. The van der Waals surface area contributed by atoms with E-state index in [1.54, 1.807) is 13.0 Å². The molecular weight excluding hydrogens is 715 g/mol. The van der Waals surface area contributed by atoms with Gasteiger partial charge in [0.1, 0.15) is 58.9 Å². The molecule has 17 heteroatoms. The van der Waals surface area contributed by atoms with E-state index in [1.807, 2.05) is 4.90 Å². The Hall–Kier alpha value is -4.95. The molecule has 0 radical (unpaired) electrons. The average Bonchev–Trinajstić information content (AvgIpc) is 3.70. The smallest absolute Gasteiger partial charge is 0.420 e. The highest BCUT2D eigenvalue weighted by Gasteiger charge is 2.50. The molecule has 2 saturated heterocycles. The Bertz CT molecular complexity index is 2310. The molecule has 2 fully saturated rings. The molecule has 270 valence electrons. The van der Waals surface area contributed by atoms with Crippen molar-refractivity contribution in [2.45, 2.75) is 50.1 Å². The van der Waals surface area contributed by atoms with Gasteiger partial charge in [-0.15, -0.1) is 11.3 Å². The summed E-state index contributed by atoms with van der Waals surface area (Å²) in [5, 5.41) is 8.98. The number of aromatic nitrogens is 3. The van der Waals surface area contributed by atoms with Crippen LogP contribution in [-0.2, 0) is 6.18 Å². The van der Waals surface area contributed by atoms with Crippen LogP contribution in [0.25, 0.3) is 32.1 Å². The summed E-state index contributed by atoms with van der Waals surface area (Å²) in [4.78, 5) is 16.0. The van der Waals surface area contributed by atoms with E-state index in [9.17, 15) is 9.65 Å². The summed E-state index contributed by atoms with van der Waals surface area (Å²) in [6.45, 7) is 1.86. The Balaban J connectivity index is 1.41. The van der Waals surface area contributed by atoms with E-state index in [1.165, 1.54) is 23.2 Å². The number of nitrogens with two attached hydrogens (primary N) is 1. The number of pyridine rings is 1. The number of benzene rings is 2. The van der Waals surface area contributed by atoms with E-state index >= 15 is 26.3 Å². The maximum Gasteiger partial charge on any atom is 0.420 e. The van der Waals surface area contributed by atoms with Crippen molar-refractivity contribution in [1.82, 2.24) is 19.9 Å². The number of rotatable bonds is 6. The minimum absolute atomic E-state index is 0.0814. The summed E-state index contributed by atoms with van der Waals surface area (Å²) >= 11 is 0.646. The van der Waals surface area contributed by atoms with Gasteiger partial charge in [-0.2, -0.15) is 32.8 Å². The Morgan fingerprint density at radius 2 is 1.98 bits per heavy atom. The zero-order chi connectivity index (χ0) is 36.7. The standard InChI is InChI=1S/C35H28F7N7O2S/c1-16(18-4-2-8-45-30(18)39)49-10-11-50-28-24-27(46-33(47-32(24)49)51-15-34-7-3-9-48(34)14-17(36)12-34)26(38)23(25(28)35(40,41)42)19-5-6-21(37)29-22(19)20(13-43)31(44)52-29/h2,4-6,8,16-17H,3,7,9-12,14-15,44H2,1H3/t16-,17-,34+/m1/s1. The quantitative estimate of drug-likeness (QED) is 0.138. The lowest BCUT2D eigenvalue weighted by Gasteiger charge is -2.32. The average molecular weight is 744 g/mol. The SMILES string of the molecule is C[C@H](c1cccnc1F)N1CCOc2c(C(F)(F)F)c(-c3ccc(F)c4sc(N)c(C#N)c34)c(F)c3nc(OC[C@@]45CCCN4C[C@H](F)C5)nc1c23. The summed E-state index contributed by atoms with van der Waals surface area (Å²) in [6.07, 6.45) is -3.51. The third-order valence-electron chi connectivity index (χ3n) is 10.3. The van der Waals surface area contributed by atoms with Gasteiger partial charge in [-0.05, 0) is 44.0 Å². The molecule has 0 amide bonds. The van der Waals surface area contributed by atoms with E-state index in [-0.39, 0.29) is 64.8 Å². The van der Waals surface area contributed by atoms with Crippen LogP contribution in [-0.4, -0.2) is 64.4 Å². The van der Waals surface area contributed by atoms with Crippen molar-refractivity contribution in [2.24, 2.45) is 0 Å². The van der Waals surface area contributed by atoms with E-state index in [2.05, 4.69) is 15.0 Å². The molecule has 6 heterocycles. The van der Waals surface area contributed by atoms with Gasteiger partial charge in [0.15, 0.2) is 5.82 Å². The fourth-order valence-electron chi connectivity index (χ4n) is 7.97. The Kier molecular flexibility index (Phi) is 8.10. The molecule has 0 bridgehead atoms. The number of hydrogen-bond donors (Lipinski definition) is 1. The van der Waals surface area contributed by atoms with Gasteiger partial charge in [0, 0.05) is 35.7 Å². The van der Waals surface area contributed by atoms with Crippen LogP contribution in [0.5, 0.6) is 11.8 Å². The molecule has 2 aromatic carbocycles. The van der Waals surface area contributed by atoms with E-state index in [0.717, 1.165) is 18.6 Å². The van der Waals surface area contributed by atoms with Gasteiger partial charge in [0.2, 0.25) is 5.95 Å². The minimum Gasteiger partial charge on any atom is -0.490 e. The summed E-state index contributed by atoms with van der Waals surface area (Å²) in [6, 6.07) is 5.28. The normalized spacial score (nSPS) is 20.9. The first kappa shape index (κ1) is 34.2. The number of thiophene rings is 1.